The first kappa shape index (κ1) is 10.2. The number of nitrogens with one attached hydrogen (secondary N) is 1. The zero-order valence-corrected chi connectivity index (χ0v) is 9.04. The molecule has 1 N–H and O–H groups in total. The summed E-state index contributed by atoms with van der Waals surface area (Å²) in [7, 11) is 0. The molecule has 1 amide bonds. The van der Waals surface area contributed by atoms with E-state index >= 15 is 0 Å². The molecule has 1 aliphatic heterocycles. The largest absolute Gasteiger partial charge is 0.362 e. The van der Waals surface area contributed by atoms with Crippen LogP contribution in [0.25, 0.3) is 0 Å². The van der Waals surface area contributed by atoms with Crippen molar-refractivity contribution in [3.8, 4) is 0 Å². The molecule has 0 bridgehead atoms. The molecule has 0 radical (unpaired) electrons. The summed E-state index contributed by atoms with van der Waals surface area (Å²) in [5.74, 6) is -0.0310. The average molecular weight is 205 g/mol. The van der Waals surface area contributed by atoms with Gasteiger partial charge in [-0.05, 0) is 25.0 Å². The molecule has 1 aromatic carbocycles. The maximum atomic E-state index is 11.0. The highest BCUT2D eigenvalue weighted by Gasteiger charge is 2.21. The Hall–Kier alpha value is -1.35. The maximum absolute atomic E-state index is 11.0. The van der Waals surface area contributed by atoms with Gasteiger partial charge in [0.05, 0.1) is 0 Å². The van der Waals surface area contributed by atoms with E-state index in [0.717, 1.165) is 0 Å². The lowest BCUT2D eigenvalue weighted by atomic mass is 10.00. The molecule has 80 valence electrons. The number of rotatable bonds is 1. The van der Waals surface area contributed by atoms with E-state index in [1.807, 2.05) is 0 Å². The minimum absolute atomic E-state index is 0.00241. The second kappa shape index (κ2) is 4.03. The van der Waals surface area contributed by atoms with Crippen molar-refractivity contribution in [1.29, 1.82) is 0 Å². The standard InChI is InChI=1S/C12H15NO2/c1-8-3-4-9(2)10(5-8)11-6-13-12(14)7-15-11/h3-5,11H,6-7H2,1-2H3,(H,13,14). The highest BCUT2D eigenvalue weighted by atomic mass is 16.5. The number of carbonyl (C=O) groups is 1. The van der Waals surface area contributed by atoms with E-state index in [0.29, 0.717) is 6.54 Å². The highest BCUT2D eigenvalue weighted by Crippen LogP contribution is 2.23. The van der Waals surface area contributed by atoms with Crippen molar-refractivity contribution >= 4 is 5.91 Å². The summed E-state index contributed by atoms with van der Waals surface area (Å²) in [6.45, 7) is 4.86. The third-order valence-electron chi connectivity index (χ3n) is 2.68. The van der Waals surface area contributed by atoms with Crippen molar-refractivity contribution in [2.75, 3.05) is 13.2 Å². The molecule has 2 rings (SSSR count). The minimum atomic E-state index is -0.0310. The summed E-state index contributed by atoms with van der Waals surface area (Å²) >= 11 is 0. The monoisotopic (exact) mass is 205 g/mol. The molecule has 3 nitrogen and oxygen atoms in total. The van der Waals surface area contributed by atoms with Gasteiger partial charge in [0, 0.05) is 6.54 Å². The summed E-state index contributed by atoms with van der Waals surface area (Å²) in [5.41, 5.74) is 3.60. The number of hydrogen-bond acceptors (Lipinski definition) is 2. The number of carbonyl (C=O) groups excluding carboxylic acids is 1. The third kappa shape index (κ3) is 2.18. The molecule has 3 heteroatoms. The van der Waals surface area contributed by atoms with Gasteiger partial charge in [-0.3, -0.25) is 4.79 Å². The number of benzene rings is 1. The normalized spacial score (nSPS) is 21.2. The fourth-order valence-corrected chi connectivity index (χ4v) is 1.80. The van der Waals surface area contributed by atoms with Gasteiger partial charge in [-0.25, -0.2) is 0 Å². The number of hydrogen-bond donors (Lipinski definition) is 1. The molecule has 1 aromatic rings. The Balaban J connectivity index is 2.21. The lowest BCUT2D eigenvalue weighted by Gasteiger charge is -2.25. The van der Waals surface area contributed by atoms with Gasteiger partial charge in [-0.2, -0.15) is 0 Å². The minimum Gasteiger partial charge on any atom is -0.362 e. The van der Waals surface area contributed by atoms with Crippen molar-refractivity contribution in [2.24, 2.45) is 0 Å². The number of ether oxygens (including phenoxy) is 1. The van der Waals surface area contributed by atoms with Gasteiger partial charge in [-0.1, -0.05) is 23.8 Å². The van der Waals surface area contributed by atoms with Gasteiger partial charge in [0.2, 0.25) is 5.91 Å². The molecule has 1 heterocycles. The topological polar surface area (TPSA) is 38.3 Å². The van der Waals surface area contributed by atoms with Gasteiger partial charge in [-0.15, -0.1) is 0 Å². The first-order valence-electron chi connectivity index (χ1n) is 5.12. The summed E-state index contributed by atoms with van der Waals surface area (Å²) in [6.07, 6.45) is 0.00241. The van der Waals surface area contributed by atoms with Gasteiger partial charge in [0.15, 0.2) is 0 Å². The van der Waals surface area contributed by atoms with Crippen LogP contribution in [0, 0.1) is 13.8 Å². The lowest BCUT2D eigenvalue weighted by Crippen LogP contribution is -2.38. The van der Waals surface area contributed by atoms with E-state index in [-0.39, 0.29) is 18.6 Å². The first-order valence-corrected chi connectivity index (χ1v) is 5.12. The molecule has 1 atom stereocenters. The molecule has 1 unspecified atom stereocenters. The van der Waals surface area contributed by atoms with Crippen LogP contribution in [0.15, 0.2) is 18.2 Å². The van der Waals surface area contributed by atoms with Gasteiger partial charge >= 0.3 is 0 Å². The molecule has 1 fully saturated rings. The van der Waals surface area contributed by atoms with Gasteiger partial charge in [0.25, 0.3) is 0 Å². The van der Waals surface area contributed by atoms with E-state index in [9.17, 15) is 4.79 Å². The van der Waals surface area contributed by atoms with Crippen LogP contribution in [0.1, 0.15) is 22.8 Å². The predicted molar refractivity (Wildman–Crippen MR) is 57.6 cm³/mol. The third-order valence-corrected chi connectivity index (χ3v) is 2.68. The maximum Gasteiger partial charge on any atom is 0.246 e. The highest BCUT2D eigenvalue weighted by molar-refractivity contribution is 5.77. The smallest absolute Gasteiger partial charge is 0.246 e. The zero-order valence-electron chi connectivity index (χ0n) is 9.04. The van der Waals surface area contributed by atoms with Gasteiger partial charge < -0.3 is 10.1 Å². The van der Waals surface area contributed by atoms with Crippen LogP contribution >= 0.6 is 0 Å². The fourth-order valence-electron chi connectivity index (χ4n) is 1.80. The van der Waals surface area contributed by atoms with Crippen LogP contribution in [0.2, 0.25) is 0 Å². The quantitative estimate of drug-likeness (QED) is 0.754. The Morgan fingerprint density at radius 2 is 2.20 bits per heavy atom. The van der Waals surface area contributed by atoms with Crippen molar-refractivity contribution in [2.45, 2.75) is 20.0 Å². The molecular weight excluding hydrogens is 190 g/mol. The molecule has 0 saturated carbocycles. The van der Waals surface area contributed by atoms with E-state index in [4.69, 9.17) is 4.74 Å². The second-order valence-electron chi connectivity index (χ2n) is 3.96. The summed E-state index contributed by atoms with van der Waals surface area (Å²) in [4.78, 5) is 11.0. The second-order valence-corrected chi connectivity index (χ2v) is 3.96. The van der Waals surface area contributed by atoms with Crippen molar-refractivity contribution in [1.82, 2.24) is 5.32 Å². The summed E-state index contributed by atoms with van der Waals surface area (Å²) in [6, 6.07) is 6.29. The predicted octanol–water partition coefficient (Wildman–Crippen LogP) is 1.49. The fraction of sp³-hybridized carbons (Fsp3) is 0.417. The summed E-state index contributed by atoms with van der Waals surface area (Å²) in [5, 5.41) is 2.81. The Morgan fingerprint density at radius 3 is 2.87 bits per heavy atom. The van der Waals surface area contributed by atoms with Crippen LogP contribution in [0.4, 0.5) is 0 Å². The summed E-state index contributed by atoms with van der Waals surface area (Å²) < 4.78 is 5.50. The average Bonchev–Trinajstić information content (AvgIpc) is 2.23. The Morgan fingerprint density at radius 1 is 1.40 bits per heavy atom. The molecule has 0 aromatic heterocycles. The molecule has 0 spiro atoms. The lowest BCUT2D eigenvalue weighted by molar-refractivity contribution is -0.133. The van der Waals surface area contributed by atoms with E-state index in [2.05, 4.69) is 37.4 Å². The van der Waals surface area contributed by atoms with E-state index in [1.54, 1.807) is 0 Å². The molecule has 0 aliphatic carbocycles. The number of amides is 1. The zero-order chi connectivity index (χ0) is 10.8. The number of morpholine rings is 1. The van der Waals surface area contributed by atoms with Crippen LogP contribution in [0.3, 0.4) is 0 Å². The van der Waals surface area contributed by atoms with Crippen molar-refractivity contribution in [3.63, 3.8) is 0 Å². The number of aryl methyl sites for hydroxylation is 2. The van der Waals surface area contributed by atoms with E-state index in [1.165, 1.54) is 16.7 Å². The first-order chi connectivity index (χ1) is 7.16. The van der Waals surface area contributed by atoms with E-state index < -0.39 is 0 Å². The Bertz CT molecular complexity index is 377. The van der Waals surface area contributed by atoms with Crippen molar-refractivity contribution in [3.05, 3.63) is 34.9 Å². The Kier molecular flexibility index (Phi) is 2.73. The SMILES string of the molecule is Cc1ccc(C)c(C2CNC(=O)CO2)c1. The van der Waals surface area contributed by atoms with Crippen LogP contribution < -0.4 is 5.32 Å². The molecule has 1 saturated heterocycles. The van der Waals surface area contributed by atoms with Crippen LogP contribution in [-0.2, 0) is 9.53 Å². The van der Waals surface area contributed by atoms with Gasteiger partial charge in [0.1, 0.15) is 12.7 Å². The van der Waals surface area contributed by atoms with Crippen molar-refractivity contribution < 1.29 is 9.53 Å². The molecule has 15 heavy (non-hydrogen) atoms. The molecule has 1 aliphatic rings. The van der Waals surface area contributed by atoms with Crippen LogP contribution in [-0.4, -0.2) is 19.1 Å². The molecular formula is C12H15NO2. The van der Waals surface area contributed by atoms with Crippen LogP contribution in [0.5, 0.6) is 0 Å². The Labute approximate surface area is 89.4 Å².